The van der Waals surface area contributed by atoms with Crippen LogP contribution in [0.5, 0.6) is 11.5 Å². The number of alkyl halides is 2. The molecular weight excluding hydrogens is 468 g/mol. The molecule has 0 aromatic heterocycles. The minimum absolute atomic E-state index is 0.0838. The van der Waals surface area contributed by atoms with Gasteiger partial charge < -0.3 is 24.6 Å². The number of ether oxygens (including phenoxy) is 2. The Morgan fingerprint density at radius 2 is 1.88 bits per heavy atom. The van der Waals surface area contributed by atoms with Crippen molar-refractivity contribution in [2.45, 2.75) is 13.5 Å². The first kappa shape index (κ1) is 25.3. The maximum atomic E-state index is 12.5. The average molecular weight is 494 g/mol. The van der Waals surface area contributed by atoms with Crippen LogP contribution in [0.4, 0.5) is 14.5 Å². The first-order chi connectivity index (χ1) is 16.4. The first-order valence-corrected chi connectivity index (χ1v) is 11.2. The number of benzene rings is 2. The van der Waals surface area contributed by atoms with Crippen LogP contribution in [-0.2, 0) is 9.59 Å². The Morgan fingerprint density at radius 3 is 2.56 bits per heavy atom. The number of piperazine rings is 1. The number of nitrogens with one attached hydrogen (secondary N) is 1. The second-order valence-electron chi connectivity index (χ2n) is 7.42. The van der Waals surface area contributed by atoms with Gasteiger partial charge in [0, 0.05) is 43.0 Å². The molecule has 1 N–H and O–H groups in total. The molecule has 2 amide bonds. The summed E-state index contributed by atoms with van der Waals surface area (Å²) in [5.41, 5.74) is 1.57. The molecule has 1 aliphatic heterocycles. The summed E-state index contributed by atoms with van der Waals surface area (Å²) < 4.78 is 34.8. The number of hydrogen-bond donors (Lipinski definition) is 1. The van der Waals surface area contributed by atoms with Crippen molar-refractivity contribution in [1.82, 2.24) is 10.2 Å². The Labute approximate surface area is 201 Å². The summed E-state index contributed by atoms with van der Waals surface area (Å²) in [5, 5.41) is 3.24. The van der Waals surface area contributed by atoms with E-state index in [4.69, 9.17) is 16.3 Å². The van der Waals surface area contributed by atoms with Crippen LogP contribution in [0.3, 0.4) is 0 Å². The molecule has 2 aromatic rings. The first-order valence-electron chi connectivity index (χ1n) is 10.8. The van der Waals surface area contributed by atoms with Gasteiger partial charge in [-0.2, -0.15) is 8.78 Å². The fourth-order valence-corrected chi connectivity index (χ4v) is 3.67. The maximum absolute atomic E-state index is 12.5. The lowest BCUT2D eigenvalue weighted by Gasteiger charge is -2.36. The summed E-state index contributed by atoms with van der Waals surface area (Å²) in [6, 6.07) is 11.9. The third-order valence-corrected chi connectivity index (χ3v) is 5.37. The standard InChI is InChI=1S/C24H26ClF2N3O4/c1-2-33-21-14-17(6-8-20(21)34-24(26)27)7-9-22(31)28-16-23(32)30-12-10-29(11-13-30)19-5-3-4-18(25)15-19/h3-9,14-15,24H,2,10-13,16H2,1H3,(H,28,31)/b9-7+. The molecule has 10 heteroatoms. The van der Waals surface area contributed by atoms with E-state index < -0.39 is 12.5 Å². The number of amides is 2. The fraction of sp³-hybridized carbons (Fsp3) is 0.333. The lowest BCUT2D eigenvalue weighted by Crippen LogP contribution is -2.51. The summed E-state index contributed by atoms with van der Waals surface area (Å²) in [5.74, 6) is -0.548. The topological polar surface area (TPSA) is 71.1 Å². The van der Waals surface area contributed by atoms with Gasteiger partial charge in [-0.15, -0.1) is 0 Å². The zero-order valence-electron chi connectivity index (χ0n) is 18.7. The van der Waals surface area contributed by atoms with Crippen molar-refractivity contribution >= 4 is 35.2 Å². The van der Waals surface area contributed by atoms with Crippen LogP contribution < -0.4 is 19.7 Å². The summed E-state index contributed by atoms with van der Waals surface area (Å²) in [4.78, 5) is 28.5. The van der Waals surface area contributed by atoms with E-state index in [9.17, 15) is 18.4 Å². The highest BCUT2D eigenvalue weighted by molar-refractivity contribution is 6.30. The Bertz CT molecular complexity index is 1030. The van der Waals surface area contributed by atoms with Crippen molar-refractivity contribution in [3.8, 4) is 11.5 Å². The second-order valence-corrected chi connectivity index (χ2v) is 7.85. The van der Waals surface area contributed by atoms with Gasteiger partial charge in [-0.05, 0) is 48.9 Å². The molecule has 1 fully saturated rings. The van der Waals surface area contributed by atoms with Crippen LogP contribution in [0, 0.1) is 0 Å². The Hall–Kier alpha value is -3.33. The van der Waals surface area contributed by atoms with Gasteiger partial charge in [0.25, 0.3) is 0 Å². The van der Waals surface area contributed by atoms with E-state index in [0.717, 1.165) is 5.69 Å². The smallest absolute Gasteiger partial charge is 0.387 e. The third kappa shape index (κ3) is 7.34. The molecule has 1 saturated heterocycles. The Kier molecular flexibility index (Phi) is 9.09. The van der Waals surface area contributed by atoms with Crippen molar-refractivity contribution in [3.05, 3.63) is 59.1 Å². The number of nitrogens with zero attached hydrogens (tertiary/aromatic N) is 2. The predicted molar refractivity (Wildman–Crippen MR) is 127 cm³/mol. The van der Waals surface area contributed by atoms with Crippen LogP contribution in [-0.4, -0.2) is 62.7 Å². The lowest BCUT2D eigenvalue weighted by atomic mass is 10.2. The maximum Gasteiger partial charge on any atom is 0.387 e. The van der Waals surface area contributed by atoms with Crippen LogP contribution in [0.1, 0.15) is 12.5 Å². The Balaban J connectivity index is 1.47. The average Bonchev–Trinajstić information content (AvgIpc) is 2.82. The molecule has 34 heavy (non-hydrogen) atoms. The highest BCUT2D eigenvalue weighted by atomic mass is 35.5. The molecular formula is C24H26ClF2N3O4. The normalized spacial score (nSPS) is 13.9. The molecule has 1 aliphatic rings. The molecule has 7 nitrogen and oxygen atoms in total. The molecule has 3 rings (SSSR count). The summed E-state index contributed by atoms with van der Waals surface area (Å²) >= 11 is 6.05. The van der Waals surface area contributed by atoms with Gasteiger partial charge in [0.1, 0.15) is 0 Å². The summed E-state index contributed by atoms with van der Waals surface area (Å²) in [7, 11) is 0. The van der Waals surface area contributed by atoms with Crippen LogP contribution >= 0.6 is 11.6 Å². The van der Waals surface area contributed by atoms with Crippen molar-refractivity contribution in [1.29, 1.82) is 0 Å². The van der Waals surface area contributed by atoms with Gasteiger partial charge in [-0.3, -0.25) is 9.59 Å². The van der Waals surface area contributed by atoms with E-state index in [1.165, 1.54) is 30.4 Å². The number of anilines is 1. The van der Waals surface area contributed by atoms with Crippen LogP contribution in [0.15, 0.2) is 48.5 Å². The minimum atomic E-state index is -2.97. The van der Waals surface area contributed by atoms with E-state index in [1.54, 1.807) is 11.8 Å². The van der Waals surface area contributed by atoms with E-state index in [0.29, 0.717) is 36.8 Å². The fourth-order valence-electron chi connectivity index (χ4n) is 3.48. The second kappa shape index (κ2) is 12.2. The summed E-state index contributed by atoms with van der Waals surface area (Å²) in [6.45, 7) is 1.34. The Morgan fingerprint density at radius 1 is 1.12 bits per heavy atom. The monoisotopic (exact) mass is 493 g/mol. The molecule has 0 spiro atoms. The largest absolute Gasteiger partial charge is 0.490 e. The molecule has 2 aromatic carbocycles. The number of carbonyl (C=O) groups is 2. The van der Waals surface area contributed by atoms with Gasteiger partial charge in [-0.25, -0.2) is 0 Å². The summed E-state index contributed by atoms with van der Waals surface area (Å²) in [6.07, 6.45) is 2.77. The molecule has 1 heterocycles. The van der Waals surface area contributed by atoms with E-state index >= 15 is 0 Å². The van der Waals surface area contributed by atoms with Gasteiger partial charge in [0.05, 0.1) is 13.2 Å². The van der Waals surface area contributed by atoms with E-state index in [2.05, 4.69) is 15.0 Å². The van der Waals surface area contributed by atoms with E-state index in [1.807, 2.05) is 24.3 Å². The molecule has 0 radical (unpaired) electrons. The van der Waals surface area contributed by atoms with Gasteiger partial charge in [0.15, 0.2) is 11.5 Å². The number of halogens is 3. The molecule has 0 unspecified atom stereocenters. The predicted octanol–water partition coefficient (Wildman–Crippen LogP) is 3.82. The quantitative estimate of drug-likeness (QED) is 0.538. The number of rotatable bonds is 9. The molecule has 0 saturated carbocycles. The SMILES string of the molecule is CCOc1cc(/C=C/C(=O)NCC(=O)N2CCN(c3cccc(Cl)c3)CC2)ccc1OC(F)F. The highest BCUT2D eigenvalue weighted by Crippen LogP contribution is 2.30. The minimum Gasteiger partial charge on any atom is -0.490 e. The van der Waals surface area contributed by atoms with Crippen LogP contribution in [0.25, 0.3) is 6.08 Å². The van der Waals surface area contributed by atoms with Crippen LogP contribution in [0.2, 0.25) is 5.02 Å². The van der Waals surface area contributed by atoms with Crippen molar-refractivity contribution < 1.29 is 27.8 Å². The van der Waals surface area contributed by atoms with Crippen molar-refractivity contribution in [2.75, 3.05) is 44.2 Å². The third-order valence-electron chi connectivity index (χ3n) is 5.13. The van der Waals surface area contributed by atoms with Gasteiger partial charge in [-0.1, -0.05) is 23.7 Å². The zero-order valence-corrected chi connectivity index (χ0v) is 19.4. The lowest BCUT2D eigenvalue weighted by molar-refractivity contribution is -0.132. The van der Waals surface area contributed by atoms with Crippen molar-refractivity contribution in [2.24, 2.45) is 0 Å². The van der Waals surface area contributed by atoms with E-state index in [-0.39, 0.29) is 30.6 Å². The molecule has 0 atom stereocenters. The molecule has 0 aliphatic carbocycles. The molecule has 0 bridgehead atoms. The number of hydrogen-bond acceptors (Lipinski definition) is 5. The zero-order chi connectivity index (χ0) is 24.5. The highest BCUT2D eigenvalue weighted by Gasteiger charge is 2.21. The van der Waals surface area contributed by atoms with Gasteiger partial charge in [0.2, 0.25) is 11.8 Å². The van der Waals surface area contributed by atoms with Gasteiger partial charge >= 0.3 is 6.61 Å². The van der Waals surface area contributed by atoms with Crippen molar-refractivity contribution in [3.63, 3.8) is 0 Å². The number of carbonyl (C=O) groups excluding carboxylic acids is 2. The molecule has 182 valence electrons.